The third kappa shape index (κ3) is 1.77. The maximum atomic E-state index is 11.4. The van der Waals surface area contributed by atoms with E-state index in [1.807, 2.05) is 24.3 Å². The maximum absolute atomic E-state index is 11.4. The zero-order valence-electron chi connectivity index (χ0n) is 9.01. The summed E-state index contributed by atoms with van der Waals surface area (Å²) in [5.74, 6) is -0.468. The molecule has 0 unspecified atom stereocenters. The summed E-state index contributed by atoms with van der Waals surface area (Å²) in [6.45, 7) is 1.01. The van der Waals surface area contributed by atoms with Crippen molar-refractivity contribution in [2.75, 3.05) is 13.7 Å². The number of nitrogens with zero attached hydrogens (tertiary/aromatic N) is 2. The van der Waals surface area contributed by atoms with Crippen LogP contribution in [0.1, 0.15) is 10.5 Å². The molecular formula is C11H13N3O2. The van der Waals surface area contributed by atoms with Crippen LogP contribution in [0.4, 0.5) is 0 Å². The second-order valence-corrected chi connectivity index (χ2v) is 3.45. The number of ether oxygens (including phenoxy) is 1. The molecule has 0 saturated heterocycles. The molecule has 84 valence electrons. The minimum atomic E-state index is -0.468. The van der Waals surface area contributed by atoms with Crippen molar-refractivity contribution in [1.29, 1.82) is 0 Å². The molecule has 1 amide bonds. The van der Waals surface area contributed by atoms with E-state index >= 15 is 0 Å². The maximum Gasteiger partial charge on any atom is 0.267 e. The molecule has 0 aliphatic carbocycles. The van der Waals surface area contributed by atoms with Gasteiger partial charge < -0.3 is 10.5 Å². The number of nitrogens with two attached hydrogens (primary N) is 1. The summed E-state index contributed by atoms with van der Waals surface area (Å²) in [6.07, 6.45) is 0. The van der Waals surface area contributed by atoms with Gasteiger partial charge in [0.25, 0.3) is 5.91 Å². The Bertz CT molecular complexity index is 519. The summed E-state index contributed by atoms with van der Waals surface area (Å²) in [6, 6.07) is 7.43. The Kier molecular flexibility index (Phi) is 2.87. The van der Waals surface area contributed by atoms with Crippen molar-refractivity contribution in [2.24, 2.45) is 5.73 Å². The van der Waals surface area contributed by atoms with Crippen molar-refractivity contribution >= 4 is 16.8 Å². The number of methoxy groups -OCH3 is 1. The van der Waals surface area contributed by atoms with Crippen LogP contribution in [0.25, 0.3) is 10.9 Å². The van der Waals surface area contributed by atoms with Crippen LogP contribution in [0.2, 0.25) is 0 Å². The Balaban J connectivity index is 2.54. The van der Waals surface area contributed by atoms with Gasteiger partial charge in [-0.25, -0.2) is 0 Å². The van der Waals surface area contributed by atoms with Gasteiger partial charge in [-0.05, 0) is 6.07 Å². The number of primary amides is 1. The summed E-state index contributed by atoms with van der Waals surface area (Å²) in [5.41, 5.74) is 6.56. The molecule has 0 bridgehead atoms. The van der Waals surface area contributed by atoms with Crippen LogP contribution < -0.4 is 5.73 Å². The van der Waals surface area contributed by atoms with Gasteiger partial charge in [-0.3, -0.25) is 9.48 Å². The first-order valence-electron chi connectivity index (χ1n) is 4.98. The fourth-order valence-corrected chi connectivity index (χ4v) is 1.68. The van der Waals surface area contributed by atoms with Gasteiger partial charge in [-0.1, -0.05) is 18.2 Å². The minimum Gasteiger partial charge on any atom is -0.383 e. The van der Waals surface area contributed by atoms with Gasteiger partial charge in [0.05, 0.1) is 18.7 Å². The second kappa shape index (κ2) is 4.32. The average Bonchev–Trinajstić information content (AvgIpc) is 2.64. The van der Waals surface area contributed by atoms with Crippen molar-refractivity contribution in [3.8, 4) is 0 Å². The van der Waals surface area contributed by atoms with E-state index in [4.69, 9.17) is 10.5 Å². The normalized spacial score (nSPS) is 10.8. The average molecular weight is 219 g/mol. The van der Waals surface area contributed by atoms with E-state index in [2.05, 4.69) is 5.10 Å². The lowest BCUT2D eigenvalue weighted by molar-refractivity contribution is 0.0988. The molecule has 0 radical (unpaired) electrons. The molecule has 5 heteroatoms. The van der Waals surface area contributed by atoms with E-state index < -0.39 is 5.91 Å². The quantitative estimate of drug-likeness (QED) is 0.826. The van der Waals surface area contributed by atoms with Gasteiger partial charge in [-0.15, -0.1) is 0 Å². The molecule has 5 nitrogen and oxygen atoms in total. The highest BCUT2D eigenvalue weighted by molar-refractivity contribution is 6.04. The molecule has 0 saturated carbocycles. The molecule has 0 atom stereocenters. The van der Waals surface area contributed by atoms with Gasteiger partial charge in [0.1, 0.15) is 5.69 Å². The van der Waals surface area contributed by atoms with E-state index in [0.29, 0.717) is 18.8 Å². The van der Waals surface area contributed by atoms with Crippen molar-refractivity contribution < 1.29 is 9.53 Å². The number of hydrogen-bond donors (Lipinski definition) is 1. The zero-order valence-corrected chi connectivity index (χ0v) is 9.01. The van der Waals surface area contributed by atoms with E-state index in [9.17, 15) is 4.79 Å². The highest BCUT2D eigenvalue weighted by Crippen LogP contribution is 2.17. The molecule has 0 aliphatic rings. The number of carbonyl (C=O) groups is 1. The molecule has 16 heavy (non-hydrogen) atoms. The predicted molar refractivity (Wildman–Crippen MR) is 60.1 cm³/mol. The fourth-order valence-electron chi connectivity index (χ4n) is 1.68. The van der Waals surface area contributed by atoms with Gasteiger partial charge in [0, 0.05) is 12.5 Å². The Morgan fingerprint density at radius 1 is 1.50 bits per heavy atom. The Morgan fingerprint density at radius 2 is 2.25 bits per heavy atom. The Morgan fingerprint density at radius 3 is 2.94 bits per heavy atom. The topological polar surface area (TPSA) is 70.1 Å². The number of amides is 1. The van der Waals surface area contributed by atoms with Gasteiger partial charge >= 0.3 is 0 Å². The predicted octanol–water partition coefficient (Wildman–Crippen LogP) is 0.782. The standard InChI is InChI=1S/C11H13N3O2/c1-16-7-6-14-10(11(12)15)8-4-2-3-5-9(8)13-14/h2-5H,6-7H2,1H3,(H2,12,15). The molecule has 0 fully saturated rings. The Labute approximate surface area is 92.8 Å². The van der Waals surface area contributed by atoms with Crippen molar-refractivity contribution in [3.63, 3.8) is 0 Å². The molecule has 2 N–H and O–H groups in total. The van der Waals surface area contributed by atoms with Gasteiger partial charge in [0.2, 0.25) is 0 Å². The van der Waals surface area contributed by atoms with E-state index in [1.54, 1.807) is 11.8 Å². The number of hydrogen-bond acceptors (Lipinski definition) is 3. The van der Waals surface area contributed by atoms with Crippen molar-refractivity contribution in [1.82, 2.24) is 9.78 Å². The van der Waals surface area contributed by atoms with Crippen LogP contribution in [0.15, 0.2) is 24.3 Å². The van der Waals surface area contributed by atoms with E-state index in [-0.39, 0.29) is 0 Å². The van der Waals surface area contributed by atoms with Crippen molar-refractivity contribution in [2.45, 2.75) is 6.54 Å². The summed E-state index contributed by atoms with van der Waals surface area (Å²) in [7, 11) is 1.60. The smallest absolute Gasteiger partial charge is 0.267 e. The van der Waals surface area contributed by atoms with Crippen LogP contribution in [0, 0.1) is 0 Å². The third-order valence-electron chi connectivity index (χ3n) is 2.39. The van der Waals surface area contributed by atoms with Crippen LogP contribution in [-0.4, -0.2) is 29.4 Å². The van der Waals surface area contributed by atoms with Gasteiger partial charge in [0.15, 0.2) is 0 Å². The van der Waals surface area contributed by atoms with Gasteiger partial charge in [-0.2, -0.15) is 5.10 Å². The first kappa shape index (κ1) is 10.6. The lowest BCUT2D eigenvalue weighted by atomic mass is 10.2. The third-order valence-corrected chi connectivity index (χ3v) is 2.39. The van der Waals surface area contributed by atoms with Crippen LogP contribution in [0.5, 0.6) is 0 Å². The number of aromatic nitrogens is 2. The first-order valence-corrected chi connectivity index (χ1v) is 4.98. The number of carbonyl (C=O) groups excluding carboxylic acids is 1. The van der Waals surface area contributed by atoms with Crippen LogP contribution >= 0.6 is 0 Å². The molecule has 1 heterocycles. The SMILES string of the molecule is COCCn1nc2ccccc2c1C(N)=O. The summed E-state index contributed by atoms with van der Waals surface area (Å²) >= 11 is 0. The van der Waals surface area contributed by atoms with Crippen molar-refractivity contribution in [3.05, 3.63) is 30.0 Å². The highest BCUT2D eigenvalue weighted by atomic mass is 16.5. The van der Waals surface area contributed by atoms with Crippen LogP contribution in [0.3, 0.4) is 0 Å². The second-order valence-electron chi connectivity index (χ2n) is 3.45. The summed E-state index contributed by atoms with van der Waals surface area (Å²) in [4.78, 5) is 11.4. The summed E-state index contributed by atoms with van der Waals surface area (Å²) in [5, 5.41) is 5.09. The number of rotatable bonds is 4. The number of fused-ring (bicyclic) bond motifs is 1. The number of benzene rings is 1. The Hall–Kier alpha value is -1.88. The molecule has 1 aromatic carbocycles. The monoisotopic (exact) mass is 219 g/mol. The summed E-state index contributed by atoms with van der Waals surface area (Å²) < 4.78 is 6.56. The first-order chi connectivity index (χ1) is 7.74. The minimum absolute atomic E-state index is 0.438. The van der Waals surface area contributed by atoms with E-state index in [0.717, 1.165) is 10.9 Å². The molecule has 2 aromatic rings. The largest absolute Gasteiger partial charge is 0.383 e. The molecule has 0 aliphatic heterocycles. The molecular weight excluding hydrogens is 206 g/mol. The molecule has 0 spiro atoms. The lowest BCUT2D eigenvalue weighted by Gasteiger charge is -2.03. The van der Waals surface area contributed by atoms with E-state index in [1.165, 1.54) is 0 Å². The zero-order chi connectivity index (χ0) is 11.5. The molecule has 1 aromatic heterocycles. The fraction of sp³-hybridized carbons (Fsp3) is 0.273. The lowest BCUT2D eigenvalue weighted by Crippen LogP contribution is -2.19. The molecule has 2 rings (SSSR count). The van der Waals surface area contributed by atoms with Crippen LogP contribution in [-0.2, 0) is 11.3 Å². The highest BCUT2D eigenvalue weighted by Gasteiger charge is 2.14.